The Hall–Kier alpha value is -2.56. The van der Waals surface area contributed by atoms with E-state index in [0.717, 1.165) is 16.9 Å². The molecule has 1 fully saturated rings. The standard InChI is InChI=1S/C17H15N3O5S2/c1-10-18-15(19-25-10)13-7-8-14(26-13)27(23,24)20-17(16(21)22)9-12(17)11-5-3-2-4-6-11/h2-8,12,20H,9H2,1H3,(H,21,22)/t12-,17-/m0/s1. The third-order valence-corrected chi connectivity index (χ3v) is 7.54. The van der Waals surface area contributed by atoms with Crippen molar-refractivity contribution in [1.29, 1.82) is 0 Å². The minimum atomic E-state index is -4.02. The van der Waals surface area contributed by atoms with E-state index < -0.39 is 27.4 Å². The molecule has 8 nitrogen and oxygen atoms in total. The Morgan fingerprint density at radius 2 is 2.04 bits per heavy atom. The van der Waals surface area contributed by atoms with Crippen molar-refractivity contribution in [2.45, 2.75) is 29.0 Å². The number of hydrogen-bond donors (Lipinski definition) is 2. The smallest absolute Gasteiger partial charge is 0.325 e. The van der Waals surface area contributed by atoms with E-state index in [2.05, 4.69) is 14.9 Å². The fraction of sp³-hybridized carbons (Fsp3) is 0.235. The van der Waals surface area contributed by atoms with E-state index in [1.807, 2.05) is 6.07 Å². The van der Waals surface area contributed by atoms with Crippen LogP contribution in [0.4, 0.5) is 0 Å². The van der Waals surface area contributed by atoms with Crippen LogP contribution in [0.5, 0.6) is 0 Å². The fourth-order valence-corrected chi connectivity index (χ4v) is 5.65. The van der Waals surface area contributed by atoms with E-state index in [1.54, 1.807) is 37.3 Å². The van der Waals surface area contributed by atoms with Crippen molar-refractivity contribution in [3.63, 3.8) is 0 Å². The van der Waals surface area contributed by atoms with Gasteiger partial charge in [0.2, 0.25) is 11.7 Å². The first kappa shape index (κ1) is 17.8. The van der Waals surface area contributed by atoms with Crippen molar-refractivity contribution >= 4 is 27.3 Å². The average molecular weight is 405 g/mol. The number of aliphatic carboxylic acids is 1. The Kier molecular flexibility index (Phi) is 4.13. The number of benzene rings is 1. The Labute approximate surface area is 158 Å². The van der Waals surface area contributed by atoms with Crippen LogP contribution in [0.25, 0.3) is 10.7 Å². The summed E-state index contributed by atoms with van der Waals surface area (Å²) >= 11 is 0.955. The molecule has 0 amide bonds. The maximum Gasteiger partial charge on any atom is 0.325 e. The molecule has 27 heavy (non-hydrogen) atoms. The lowest BCUT2D eigenvalue weighted by Gasteiger charge is -2.14. The Morgan fingerprint density at radius 1 is 1.30 bits per heavy atom. The maximum atomic E-state index is 12.8. The van der Waals surface area contributed by atoms with Gasteiger partial charge >= 0.3 is 5.97 Å². The molecule has 0 unspecified atom stereocenters. The molecule has 1 saturated carbocycles. The summed E-state index contributed by atoms with van der Waals surface area (Å²) < 4.78 is 32.9. The number of thiophene rings is 1. The average Bonchev–Trinajstić information content (AvgIpc) is 2.98. The molecular formula is C17H15N3O5S2. The van der Waals surface area contributed by atoms with Crippen molar-refractivity contribution < 1.29 is 22.8 Å². The molecule has 1 aromatic carbocycles. The Balaban J connectivity index is 1.61. The fourth-order valence-electron chi connectivity index (χ4n) is 3.02. The van der Waals surface area contributed by atoms with Gasteiger partial charge in [-0.3, -0.25) is 4.79 Å². The second-order valence-electron chi connectivity index (χ2n) is 6.31. The number of nitrogens with one attached hydrogen (secondary N) is 1. The third-order valence-electron chi connectivity index (χ3n) is 4.46. The molecule has 140 valence electrons. The van der Waals surface area contributed by atoms with Crippen LogP contribution in [0.2, 0.25) is 0 Å². The predicted octanol–water partition coefficient (Wildman–Crippen LogP) is 2.40. The molecule has 2 heterocycles. The summed E-state index contributed by atoms with van der Waals surface area (Å²) in [5.41, 5.74) is -0.746. The molecule has 0 aliphatic heterocycles. The zero-order valence-electron chi connectivity index (χ0n) is 14.1. The van der Waals surface area contributed by atoms with Gasteiger partial charge in [-0.1, -0.05) is 35.5 Å². The molecule has 3 aromatic rings. The number of carboxylic acids is 1. The SMILES string of the molecule is Cc1nc(-c2ccc(S(=O)(=O)N[C@@]3(C(=O)O)C[C@H]3c3ccccc3)s2)no1. The number of nitrogens with zero attached hydrogens (tertiary/aromatic N) is 2. The van der Waals surface area contributed by atoms with Gasteiger partial charge < -0.3 is 9.63 Å². The highest BCUT2D eigenvalue weighted by Gasteiger charge is 2.63. The van der Waals surface area contributed by atoms with Gasteiger partial charge in [-0.05, 0) is 24.1 Å². The number of carboxylic acid groups (broad SMARTS) is 1. The molecule has 10 heteroatoms. The van der Waals surface area contributed by atoms with Crippen LogP contribution >= 0.6 is 11.3 Å². The molecule has 2 N–H and O–H groups in total. The van der Waals surface area contributed by atoms with Crippen LogP contribution < -0.4 is 4.72 Å². The highest BCUT2D eigenvalue weighted by atomic mass is 32.2. The van der Waals surface area contributed by atoms with E-state index in [1.165, 1.54) is 6.07 Å². The summed E-state index contributed by atoms with van der Waals surface area (Å²) in [7, 11) is -4.02. The molecule has 2 aromatic heterocycles. The van der Waals surface area contributed by atoms with Gasteiger partial charge in [0.1, 0.15) is 9.75 Å². The lowest BCUT2D eigenvalue weighted by atomic mass is 10.1. The third kappa shape index (κ3) is 3.15. The minimum absolute atomic E-state index is 0.000658. The number of aromatic nitrogens is 2. The van der Waals surface area contributed by atoms with Crippen molar-refractivity contribution in [3.8, 4) is 10.7 Å². The van der Waals surface area contributed by atoms with Gasteiger partial charge in [-0.25, -0.2) is 8.42 Å². The quantitative estimate of drug-likeness (QED) is 0.645. The van der Waals surface area contributed by atoms with Gasteiger partial charge in [0.25, 0.3) is 10.0 Å². The highest BCUT2D eigenvalue weighted by Crippen LogP contribution is 2.52. The molecule has 0 radical (unpaired) electrons. The molecule has 1 aliphatic rings. The van der Waals surface area contributed by atoms with Gasteiger partial charge in [0.05, 0.1) is 4.88 Å². The molecule has 0 saturated heterocycles. The lowest BCUT2D eigenvalue weighted by Crippen LogP contribution is -2.44. The van der Waals surface area contributed by atoms with Crippen LogP contribution in [0.15, 0.2) is 51.2 Å². The number of aryl methyl sites for hydroxylation is 1. The van der Waals surface area contributed by atoms with Crippen LogP contribution in [-0.4, -0.2) is 35.2 Å². The molecule has 4 rings (SSSR count). The van der Waals surface area contributed by atoms with Crippen LogP contribution in [-0.2, 0) is 14.8 Å². The van der Waals surface area contributed by atoms with E-state index in [0.29, 0.717) is 16.6 Å². The summed E-state index contributed by atoms with van der Waals surface area (Å²) in [6, 6.07) is 12.0. The molecular weight excluding hydrogens is 390 g/mol. The Bertz CT molecular complexity index is 1110. The second kappa shape index (κ2) is 6.25. The van der Waals surface area contributed by atoms with Crippen molar-refractivity contribution in [2.24, 2.45) is 0 Å². The molecule has 2 atom stereocenters. The number of rotatable bonds is 6. The van der Waals surface area contributed by atoms with Crippen molar-refractivity contribution in [2.75, 3.05) is 0 Å². The maximum absolute atomic E-state index is 12.8. The second-order valence-corrected chi connectivity index (χ2v) is 9.30. The van der Waals surface area contributed by atoms with Gasteiger partial charge in [0.15, 0.2) is 0 Å². The first-order valence-electron chi connectivity index (χ1n) is 8.05. The van der Waals surface area contributed by atoms with Gasteiger partial charge in [-0.2, -0.15) is 9.71 Å². The summed E-state index contributed by atoms with van der Waals surface area (Å²) in [5, 5.41) is 13.4. The first-order chi connectivity index (χ1) is 12.8. The highest BCUT2D eigenvalue weighted by molar-refractivity contribution is 7.91. The Morgan fingerprint density at radius 3 is 2.67 bits per heavy atom. The number of sulfonamides is 1. The monoisotopic (exact) mass is 405 g/mol. The largest absolute Gasteiger partial charge is 0.480 e. The lowest BCUT2D eigenvalue weighted by molar-refractivity contribution is -0.140. The van der Waals surface area contributed by atoms with E-state index in [9.17, 15) is 18.3 Å². The van der Waals surface area contributed by atoms with E-state index >= 15 is 0 Å². The van der Waals surface area contributed by atoms with Crippen LogP contribution in [0, 0.1) is 6.92 Å². The van der Waals surface area contributed by atoms with E-state index in [4.69, 9.17) is 4.52 Å². The van der Waals surface area contributed by atoms with E-state index in [-0.39, 0.29) is 10.6 Å². The van der Waals surface area contributed by atoms with Gasteiger partial charge in [0, 0.05) is 12.8 Å². The van der Waals surface area contributed by atoms with Crippen LogP contribution in [0.3, 0.4) is 0 Å². The first-order valence-corrected chi connectivity index (χ1v) is 10.3. The topological polar surface area (TPSA) is 122 Å². The number of hydrogen-bond acceptors (Lipinski definition) is 7. The van der Waals surface area contributed by atoms with Crippen LogP contribution in [0.1, 0.15) is 23.8 Å². The zero-order chi connectivity index (χ0) is 19.2. The number of carbonyl (C=O) groups is 1. The van der Waals surface area contributed by atoms with Gasteiger partial charge in [-0.15, -0.1) is 11.3 Å². The van der Waals surface area contributed by atoms with Crippen molar-refractivity contribution in [1.82, 2.24) is 14.9 Å². The molecule has 0 spiro atoms. The molecule has 0 bridgehead atoms. The predicted molar refractivity (Wildman–Crippen MR) is 96.8 cm³/mol. The zero-order valence-corrected chi connectivity index (χ0v) is 15.8. The summed E-state index contributed by atoms with van der Waals surface area (Å²) in [6.45, 7) is 1.64. The summed E-state index contributed by atoms with van der Waals surface area (Å²) in [5.74, 6) is -0.939. The molecule has 1 aliphatic carbocycles. The minimum Gasteiger partial charge on any atom is -0.480 e. The summed E-state index contributed by atoms with van der Waals surface area (Å²) in [6.07, 6.45) is 0.202. The normalized spacial score (nSPS) is 21.9. The van der Waals surface area contributed by atoms with Crippen molar-refractivity contribution in [3.05, 3.63) is 53.9 Å². The summed E-state index contributed by atoms with van der Waals surface area (Å²) in [4.78, 5) is 16.4.